The molecule has 20 heavy (non-hydrogen) atoms. The zero-order valence-corrected chi connectivity index (χ0v) is 12.3. The van der Waals surface area contributed by atoms with Crippen LogP contribution in [-0.2, 0) is 0 Å². The minimum atomic E-state index is -0.0123. The van der Waals surface area contributed by atoms with E-state index in [2.05, 4.69) is 9.59 Å². The molecule has 0 amide bonds. The van der Waals surface area contributed by atoms with E-state index in [4.69, 9.17) is 4.74 Å². The molecule has 5 heteroatoms. The van der Waals surface area contributed by atoms with E-state index >= 15 is 0 Å². The molecule has 2 aromatic rings. The molecule has 104 valence electrons. The van der Waals surface area contributed by atoms with Crippen LogP contribution in [0.2, 0.25) is 0 Å². The number of benzene rings is 1. The number of hydrogen-bond donors (Lipinski definition) is 0. The first-order valence-corrected chi connectivity index (χ1v) is 7.56. The second-order valence-corrected chi connectivity index (χ2v) is 6.07. The van der Waals surface area contributed by atoms with Gasteiger partial charge in [-0.15, -0.1) is 5.10 Å². The summed E-state index contributed by atoms with van der Waals surface area (Å²) < 4.78 is 9.58. The highest BCUT2D eigenvalue weighted by molar-refractivity contribution is 7.08. The number of carbonyl (C=O) groups excluding carboxylic acids is 1. The first kappa shape index (κ1) is 13.2. The highest BCUT2D eigenvalue weighted by atomic mass is 32.1. The predicted octanol–water partition coefficient (Wildman–Crippen LogP) is 3.43. The molecular formula is C15H16N2O2S. The number of nitrogens with zero attached hydrogens (tertiary/aromatic N) is 2. The largest absolute Gasteiger partial charge is 0.490 e. The van der Waals surface area contributed by atoms with Crippen LogP contribution in [0.1, 0.15) is 53.5 Å². The summed E-state index contributed by atoms with van der Waals surface area (Å²) in [6.45, 7) is 4.03. The Hall–Kier alpha value is -1.75. The lowest BCUT2D eigenvalue weighted by Crippen LogP contribution is -2.04. The van der Waals surface area contributed by atoms with Crippen LogP contribution in [0.15, 0.2) is 24.3 Å². The highest BCUT2D eigenvalue weighted by Gasteiger charge is 2.24. The van der Waals surface area contributed by atoms with Gasteiger partial charge in [0.2, 0.25) is 5.78 Å². The topological polar surface area (TPSA) is 52.1 Å². The Balaban J connectivity index is 1.80. The van der Waals surface area contributed by atoms with Crippen LogP contribution in [0, 0.1) is 0 Å². The Morgan fingerprint density at radius 2 is 2.00 bits per heavy atom. The van der Waals surface area contributed by atoms with Gasteiger partial charge in [-0.25, -0.2) is 0 Å². The molecule has 1 aromatic heterocycles. The maximum Gasteiger partial charge on any atom is 0.206 e. The second-order valence-electron chi connectivity index (χ2n) is 5.31. The van der Waals surface area contributed by atoms with Crippen molar-refractivity contribution < 1.29 is 9.53 Å². The maximum atomic E-state index is 12.5. The van der Waals surface area contributed by atoms with Crippen molar-refractivity contribution in [3.8, 4) is 5.75 Å². The van der Waals surface area contributed by atoms with Crippen LogP contribution in [-0.4, -0.2) is 21.5 Å². The minimum Gasteiger partial charge on any atom is -0.490 e. The number of ether oxygens (including phenoxy) is 1. The lowest BCUT2D eigenvalue weighted by Gasteiger charge is -2.06. The fourth-order valence-electron chi connectivity index (χ4n) is 1.93. The Morgan fingerprint density at radius 3 is 2.60 bits per heavy atom. The Labute approximate surface area is 122 Å². The van der Waals surface area contributed by atoms with Crippen molar-refractivity contribution in [1.82, 2.24) is 9.59 Å². The first-order valence-electron chi connectivity index (χ1n) is 6.79. The zero-order valence-electron chi connectivity index (χ0n) is 11.5. The normalized spacial score (nSPS) is 14.6. The van der Waals surface area contributed by atoms with Crippen LogP contribution in [0.4, 0.5) is 0 Å². The SMILES string of the molecule is CC(C)c1nnsc1C(=O)c1ccc(OC2CC2)cc1. The molecule has 0 unspecified atom stereocenters. The molecule has 0 atom stereocenters. The third-order valence-corrected chi connectivity index (χ3v) is 3.95. The molecule has 1 aliphatic rings. The van der Waals surface area contributed by atoms with Gasteiger partial charge in [-0.1, -0.05) is 18.3 Å². The molecule has 1 heterocycles. The average Bonchev–Trinajstić information content (AvgIpc) is 3.11. The van der Waals surface area contributed by atoms with E-state index in [0.29, 0.717) is 16.5 Å². The minimum absolute atomic E-state index is 0.0123. The van der Waals surface area contributed by atoms with Gasteiger partial charge in [0.1, 0.15) is 10.6 Å². The molecule has 0 N–H and O–H groups in total. The van der Waals surface area contributed by atoms with Crippen molar-refractivity contribution in [3.63, 3.8) is 0 Å². The molecule has 4 nitrogen and oxygen atoms in total. The van der Waals surface area contributed by atoms with E-state index in [-0.39, 0.29) is 11.7 Å². The maximum absolute atomic E-state index is 12.5. The van der Waals surface area contributed by atoms with Crippen molar-refractivity contribution in [2.24, 2.45) is 0 Å². The number of rotatable bonds is 5. The summed E-state index contributed by atoms with van der Waals surface area (Å²) >= 11 is 1.16. The number of aromatic nitrogens is 2. The lowest BCUT2D eigenvalue weighted by atomic mass is 10.0. The van der Waals surface area contributed by atoms with Gasteiger partial charge < -0.3 is 4.74 Å². The smallest absolute Gasteiger partial charge is 0.206 e. The Kier molecular flexibility index (Phi) is 3.53. The summed E-state index contributed by atoms with van der Waals surface area (Å²) in [4.78, 5) is 13.1. The van der Waals surface area contributed by atoms with Gasteiger partial charge >= 0.3 is 0 Å². The van der Waals surface area contributed by atoms with E-state index in [1.165, 1.54) is 0 Å². The fraction of sp³-hybridized carbons (Fsp3) is 0.400. The van der Waals surface area contributed by atoms with Crippen LogP contribution >= 0.6 is 11.5 Å². The van der Waals surface area contributed by atoms with Crippen LogP contribution in [0.3, 0.4) is 0 Å². The molecule has 0 saturated heterocycles. The van der Waals surface area contributed by atoms with E-state index in [1.807, 2.05) is 38.1 Å². The fourth-order valence-corrected chi connectivity index (χ4v) is 2.71. The molecule has 0 spiro atoms. The molecule has 0 bridgehead atoms. The van der Waals surface area contributed by atoms with Gasteiger partial charge in [0.05, 0.1) is 11.8 Å². The van der Waals surface area contributed by atoms with Crippen molar-refractivity contribution in [1.29, 1.82) is 0 Å². The molecular weight excluding hydrogens is 272 g/mol. The van der Waals surface area contributed by atoms with E-state index < -0.39 is 0 Å². The van der Waals surface area contributed by atoms with Gasteiger partial charge in [-0.3, -0.25) is 4.79 Å². The molecule has 1 aromatic carbocycles. The van der Waals surface area contributed by atoms with Crippen LogP contribution in [0.25, 0.3) is 0 Å². The summed E-state index contributed by atoms with van der Waals surface area (Å²) in [5.74, 6) is 1.02. The standard InChI is InChI=1S/C15H16N2O2S/c1-9(2)13-15(20-17-16-13)14(18)10-3-5-11(6-4-10)19-12-7-8-12/h3-6,9,12H,7-8H2,1-2H3. The molecule has 0 radical (unpaired) electrons. The average molecular weight is 288 g/mol. The van der Waals surface area contributed by atoms with E-state index in [9.17, 15) is 4.79 Å². The summed E-state index contributed by atoms with van der Waals surface area (Å²) in [5.41, 5.74) is 1.43. The van der Waals surface area contributed by atoms with E-state index in [0.717, 1.165) is 35.8 Å². The summed E-state index contributed by atoms with van der Waals surface area (Å²) in [6.07, 6.45) is 2.63. The summed E-state index contributed by atoms with van der Waals surface area (Å²) in [6, 6.07) is 7.33. The van der Waals surface area contributed by atoms with Crippen molar-refractivity contribution in [3.05, 3.63) is 40.4 Å². The van der Waals surface area contributed by atoms with Gasteiger partial charge in [-0.05, 0) is 54.6 Å². The van der Waals surface area contributed by atoms with Crippen LogP contribution < -0.4 is 4.74 Å². The van der Waals surface area contributed by atoms with Gasteiger partial charge in [0.25, 0.3) is 0 Å². The monoisotopic (exact) mass is 288 g/mol. The molecule has 1 fully saturated rings. The van der Waals surface area contributed by atoms with Gasteiger partial charge in [-0.2, -0.15) is 0 Å². The van der Waals surface area contributed by atoms with E-state index in [1.54, 1.807) is 0 Å². The van der Waals surface area contributed by atoms with Crippen LogP contribution in [0.5, 0.6) is 5.75 Å². The Bertz CT molecular complexity index is 615. The highest BCUT2D eigenvalue weighted by Crippen LogP contribution is 2.28. The van der Waals surface area contributed by atoms with Gasteiger partial charge in [0, 0.05) is 5.56 Å². The van der Waals surface area contributed by atoms with Crippen molar-refractivity contribution >= 4 is 17.3 Å². The quantitative estimate of drug-likeness (QED) is 0.791. The van der Waals surface area contributed by atoms with Gasteiger partial charge in [0.15, 0.2) is 0 Å². The predicted molar refractivity (Wildman–Crippen MR) is 77.5 cm³/mol. The Morgan fingerprint density at radius 1 is 1.30 bits per heavy atom. The molecule has 1 aliphatic carbocycles. The third kappa shape index (κ3) is 2.72. The summed E-state index contributed by atoms with van der Waals surface area (Å²) in [5, 5.41) is 4.05. The lowest BCUT2D eigenvalue weighted by molar-refractivity contribution is 0.104. The molecule has 3 rings (SSSR count). The number of hydrogen-bond acceptors (Lipinski definition) is 5. The second kappa shape index (κ2) is 5.32. The van der Waals surface area contributed by atoms with Crippen molar-refractivity contribution in [2.45, 2.75) is 38.7 Å². The first-order chi connectivity index (χ1) is 9.65. The zero-order chi connectivity index (χ0) is 14.1. The van der Waals surface area contributed by atoms with Crippen molar-refractivity contribution in [2.75, 3.05) is 0 Å². The molecule has 1 saturated carbocycles. The summed E-state index contributed by atoms with van der Waals surface area (Å²) in [7, 11) is 0. The number of carbonyl (C=O) groups is 1. The third-order valence-electron chi connectivity index (χ3n) is 3.21. The number of ketones is 1. The molecule has 0 aliphatic heterocycles.